The lowest BCUT2D eigenvalue weighted by Gasteiger charge is -2.34. The highest BCUT2D eigenvalue weighted by Crippen LogP contribution is 2.23. The largest absolute Gasteiger partial charge is 0.347 e. The molecule has 0 saturated carbocycles. The molecular formula is C24H35ClN8O2. The van der Waals surface area contributed by atoms with Crippen LogP contribution < -0.4 is 21.3 Å². The molecule has 4 rings (SSSR count). The van der Waals surface area contributed by atoms with E-state index in [-0.39, 0.29) is 18.0 Å². The highest BCUT2D eigenvalue weighted by molar-refractivity contribution is 6.31. The Morgan fingerprint density at radius 2 is 1.97 bits per heavy atom. The number of anilines is 1. The molecular weight excluding hydrogens is 468 g/mol. The predicted octanol–water partition coefficient (Wildman–Crippen LogP) is 1.26. The summed E-state index contributed by atoms with van der Waals surface area (Å²) >= 11 is 6.53. The maximum absolute atomic E-state index is 13.0. The molecule has 3 aliphatic rings. The molecule has 1 aromatic rings. The molecule has 3 heterocycles. The lowest BCUT2D eigenvalue weighted by molar-refractivity contribution is -0.137. The Balaban J connectivity index is 1.26. The summed E-state index contributed by atoms with van der Waals surface area (Å²) in [5.74, 6) is -1.38. The Hall–Kier alpha value is -2.66. The van der Waals surface area contributed by atoms with E-state index >= 15 is 0 Å². The third-order valence-electron chi connectivity index (χ3n) is 6.84. The summed E-state index contributed by atoms with van der Waals surface area (Å²) in [5, 5.41) is 12.4. The molecule has 2 fully saturated rings. The van der Waals surface area contributed by atoms with Gasteiger partial charge in [0.25, 0.3) is 11.7 Å². The third-order valence-corrected chi connectivity index (χ3v) is 7.19. The number of allylic oxidation sites excluding steroid dienone is 1. The van der Waals surface area contributed by atoms with Gasteiger partial charge < -0.3 is 25.8 Å². The monoisotopic (exact) mass is 502 g/mol. The first-order valence-electron chi connectivity index (χ1n) is 12.2. The fourth-order valence-electron chi connectivity index (χ4n) is 4.67. The Morgan fingerprint density at radius 3 is 2.63 bits per heavy atom. The molecule has 0 spiro atoms. The number of likely N-dealkylation sites (tertiary alicyclic amines) is 1. The van der Waals surface area contributed by atoms with Gasteiger partial charge in [-0.25, -0.2) is 9.79 Å². The molecule has 10 nitrogen and oxygen atoms in total. The second kappa shape index (κ2) is 11.4. The number of piperazine rings is 1. The molecule has 0 aromatic heterocycles. The molecule has 0 aliphatic carbocycles. The molecule has 190 valence electrons. The van der Waals surface area contributed by atoms with Gasteiger partial charge in [0.15, 0.2) is 0 Å². The smallest absolute Gasteiger partial charge is 0.319 e. The van der Waals surface area contributed by atoms with E-state index < -0.39 is 5.79 Å². The SMILES string of the molecule is CCN1CCN(Cc2ccc(NC(=O)N[C@H]3CCN(C(=O)C4(NC)N=CC=CN4)C3)cc2Cl)CC1. The van der Waals surface area contributed by atoms with Crippen LogP contribution in [-0.4, -0.2) is 97.5 Å². The fourth-order valence-corrected chi connectivity index (χ4v) is 4.91. The summed E-state index contributed by atoms with van der Waals surface area (Å²) in [6.07, 6.45) is 5.67. The maximum Gasteiger partial charge on any atom is 0.319 e. The molecule has 1 unspecified atom stereocenters. The predicted molar refractivity (Wildman–Crippen MR) is 139 cm³/mol. The number of likely N-dealkylation sites (N-methyl/N-ethyl adjacent to an activating group) is 2. The Morgan fingerprint density at radius 1 is 1.20 bits per heavy atom. The molecule has 3 aliphatic heterocycles. The van der Waals surface area contributed by atoms with Gasteiger partial charge in [0, 0.05) is 75.0 Å². The van der Waals surface area contributed by atoms with Crippen LogP contribution in [0.3, 0.4) is 0 Å². The number of carbonyl (C=O) groups is 2. The number of amides is 3. The highest BCUT2D eigenvalue weighted by atomic mass is 35.5. The zero-order valence-electron chi connectivity index (χ0n) is 20.4. The molecule has 11 heteroatoms. The second-order valence-electron chi connectivity index (χ2n) is 9.09. The zero-order valence-corrected chi connectivity index (χ0v) is 21.1. The average Bonchev–Trinajstić information content (AvgIpc) is 3.34. The van der Waals surface area contributed by atoms with Crippen molar-refractivity contribution in [1.82, 2.24) is 30.7 Å². The Labute approximate surface area is 211 Å². The molecule has 4 N–H and O–H groups in total. The number of rotatable bonds is 7. The van der Waals surface area contributed by atoms with E-state index in [4.69, 9.17) is 11.6 Å². The molecule has 2 atom stereocenters. The lowest BCUT2D eigenvalue weighted by Crippen LogP contribution is -2.63. The Kier molecular flexibility index (Phi) is 8.27. The number of carbonyl (C=O) groups excluding carboxylic acids is 2. The number of benzene rings is 1. The van der Waals surface area contributed by atoms with Gasteiger partial charge in [0.1, 0.15) is 0 Å². The Bertz CT molecular complexity index is 978. The minimum Gasteiger partial charge on any atom is -0.347 e. The quantitative estimate of drug-likeness (QED) is 0.447. The first-order valence-corrected chi connectivity index (χ1v) is 12.6. The van der Waals surface area contributed by atoms with Crippen LogP contribution in [0.2, 0.25) is 5.02 Å². The van der Waals surface area contributed by atoms with Crippen LogP contribution in [0.4, 0.5) is 10.5 Å². The lowest BCUT2D eigenvalue weighted by atomic mass is 10.1. The van der Waals surface area contributed by atoms with Crippen LogP contribution in [-0.2, 0) is 11.3 Å². The van der Waals surface area contributed by atoms with Crippen molar-refractivity contribution < 1.29 is 9.59 Å². The van der Waals surface area contributed by atoms with E-state index in [0.29, 0.717) is 30.2 Å². The van der Waals surface area contributed by atoms with Crippen LogP contribution in [0.5, 0.6) is 0 Å². The van der Waals surface area contributed by atoms with Gasteiger partial charge in [-0.15, -0.1) is 0 Å². The van der Waals surface area contributed by atoms with Gasteiger partial charge in [-0.2, -0.15) is 0 Å². The van der Waals surface area contributed by atoms with Crippen molar-refractivity contribution in [1.29, 1.82) is 0 Å². The van der Waals surface area contributed by atoms with Crippen LogP contribution in [0, 0.1) is 0 Å². The summed E-state index contributed by atoms with van der Waals surface area (Å²) < 4.78 is 0. The van der Waals surface area contributed by atoms with Crippen LogP contribution in [0.15, 0.2) is 35.5 Å². The van der Waals surface area contributed by atoms with E-state index in [1.807, 2.05) is 12.1 Å². The minimum absolute atomic E-state index is 0.146. The first kappa shape index (κ1) is 25.4. The average molecular weight is 503 g/mol. The van der Waals surface area contributed by atoms with E-state index in [0.717, 1.165) is 44.8 Å². The maximum atomic E-state index is 13.0. The molecule has 35 heavy (non-hydrogen) atoms. The van der Waals surface area contributed by atoms with Gasteiger partial charge in [-0.3, -0.25) is 15.0 Å². The van der Waals surface area contributed by atoms with Gasteiger partial charge in [0.2, 0.25) is 0 Å². The van der Waals surface area contributed by atoms with E-state index in [2.05, 4.69) is 43.0 Å². The molecule has 2 saturated heterocycles. The standard InChI is InChI=1S/C24H35ClN8O2/c1-3-31-11-13-32(14-12-31)16-18-5-6-19(15-21(18)25)29-23(35)30-20-7-10-33(17-20)22(34)24(26-2)27-8-4-9-28-24/h4-6,8-9,15,20,26-27H,3,7,10-14,16-17H2,1-2H3,(H2,29,30,35)/t20-,24?/m0/s1. The van der Waals surface area contributed by atoms with Crippen LogP contribution in [0.25, 0.3) is 0 Å². The molecule has 3 amide bonds. The molecule has 0 radical (unpaired) electrons. The number of hydrogen-bond acceptors (Lipinski definition) is 7. The summed E-state index contributed by atoms with van der Waals surface area (Å²) in [6, 6.07) is 5.19. The normalized spacial score (nSPS) is 24.9. The van der Waals surface area contributed by atoms with Crippen molar-refractivity contribution in [2.75, 3.05) is 58.2 Å². The second-order valence-corrected chi connectivity index (χ2v) is 9.50. The number of aliphatic imine (C=N–C) groups is 1. The zero-order chi connectivity index (χ0) is 24.8. The van der Waals surface area contributed by atoms with Crippen molar-refractivity contribution in [2.45, 2.75) is 31.7 Å². The van der Waals surface area contributed by atoms with Crippen LogP contribution in [0.1, 0.15) is 18.9 Å². The number of nitrogens with one attached hydrogen (secondary N) is 4. The van der Waals surface area contributed by atoms with Crippen molar-refractivity contribution in [3.05, 3.63) is 41.1 Å². The summed E-state index contributed by atoms with van der Waals surface area (Å²) in [4.78, 5) is 36.5. The third kappa shape index (κ3) is 6.13. The van der Waals surface area contributed by atoms with Crippen LogP contribution >= 0.6 is 11.6 Å². The number of nitrogens with zero attached hydrogens (tertiary/aromatic N) is 4. The van der Waals surface area contributed by atoms with E-state index in [1.165, 1.54) is 0 Å². The van der Waals surface area contributed by atoms with Crippen molar-refractivity contribution in [2.24, 2.45) is 4.99 Å². The van der Waals surface area contributed by atoms with Crippen molar-refractivity contribution in [3.8, 4) is 0 Å². The van der Waals surface area contributed by atoms with Gasteiger partial charge in [-0.1, -0.05) is 24.6 Å². The van der Waals surface area contributed by atoms with Crippen molar-refractivity contribution in [3.63, 3.8) is 0 Å². The highest BCUT2D eigenvalue weighted by Gasteiger charge is 2.42. The summed E-state index contributed by atoms with van der Waals surface area (Å²) in [6.45, 7) is 9.26. The molecule has 1 aromatic carbocycles. The van der Waals surface area contributed by atoms with Crippen molar-refractivity contribution >= 4 is 35.4 Å². The fraction of sp³-hybridized carbons (Fsp3) is 0.542. The van der Waals surface area contributed by atoms with E-state index in [9.17, 15) is 9.59 Å². The molecule has 0 bridgehead atoms. The van der Waals surface area contributed by atoms with Gasteiger partial charge in [-0.05, 0) is 43.8 Å². The van der Waals surface area contributed by atoms with Gasteiger partial charge in [0.05, 0.1) is 0 Å². The summed E-state index contributed by atoms with van der Waals surface area (Å²) in [5.41, 5.74) is 1.69. The van der Waals surface area contributed by atoms with Gasteiger partial charge >= 0.3 is 6.03 Å². The topological polar surface area (TPSA) is 104 Å². The summed E-state index contributed by atoms with van der Waals surface area (Å²) in [7, 11) is 1.68. The van der Waals surface area contributed by atoms with E-state index in [1.54, 1.807) is 36.5 Å². The number of hydrogen-bond donors (Lipinski definition) is 4. The minimum atomic E-state index is -1.20. The number of halogens is 1. The number of urea groups is 1. The first-order chi connectivity index (χ1) is 16.9.